The zero-order valence-electron chi connectivity index (χ0n) is 18.4. The van der Waals surface area contributed by atoms with Crippen molar-refractivity contribution < 1.29 is 19.1 Å². The van der Waals surface area contributed by atoms with E-state index < -0.39 is 24.4 Å². The number of benzene rings is 3. The molecule has 1 heterocycles. The van der Waals surface area contributed by atoms with Gasteiger partial charge in [0.2, 0.25) is 5.91 Å². The fourth-order valence-electron chi connectivity index (χ4n) is 3.32. The van der Waals surface area contributed by atoms with Crippen molar-refractivity contribution >= 4 is 41.2 Å². The Morgan fingerprint density at radius 2 is 1.74 bits per heavy atom. The van der Waals surface area contributed by atoms with Gasteiger partial charge in [0.15, 0.2) is 0 Å². The lowest BCUT2D eigenvalue weighted by Gasteiger charge is -2.12. The predicted octanol–water partition coefficient (Wildman–Crippen LogP) is 4.76. The van der Waals surface area contributed by atoms with Crippen LogP contribution in [0.4, 0.5) is 10.5 Å². The monoisotopic (exact) mass is 475 g/mol. The first-order valence-corrected chi connectivity index (χ1v) is 10.9. The zero-order chi connectivity index (χ0) is 24.1. The van der Waals surface area contributed by atoms with Gasteiger partial charge in [0.1, 0.15) is 24.6 Å². The molecule has 0 saturated carbocycles. The number of amides is 4. The molecule has 0 aromatic heterocycles. The lowest BCUT2D eigenvalue weighted by molar-refractivity contribution is -0.127. The maximum atomic E-state index is 12.8. The van der Waals surface area contributed by atoms with Gasteiger partial charge in [-0.05, 0) is 48.9 Å². The van der Waals surface area contributed by atoms with E-state index in [-0.39, 0.29) is 5.70 Å². The molecule has 0 aliphatic carbocycles. The molecule has 4 amide bonds. The number of para-hydroxylation sites is 1. The quantitative estimate of drug-likeness (QED) is 0.381. The van der Waals surface area contributed by atoms with Gasteiger partial charge < -0.3 is 15.4 Å². The summed E-state index contributed by atoms with van der Waals surface area (Å²) in [7, 11) is 0. The predicted molar refractivity (Wildman–Crippen MR) is 130 cm³/mol. The number of hydrogen-bond acceptors (Lipinski definition) is 4. The summed E-state index contributed by atoms with van der Waals surface area (Å²) >= 11 is 5.92. The maximum absolute atomic E-state index is 12.8. The molecule has 7 nitrogen and oxygen atoms in total. The topological polar surface area (TPSA) is 87.7 Å². The van der Waals surface area contributed by atoms with Crippen LogP contribution >= 0.6 is 11.6 Å². The highest BCUT2D eigenvalue weighted by Gasteiger charge is 2.35. The molecule has 3 aromatic carbocycles. The van der Waals surface area contributed by atoms with Gasteiger partial charge in [-0.3, -0.25) is 9.59 Å². The first-order valence-electron chi connectivity index (χ1n) is 10.6. The van der Waals surface area contributed by atoms with Crippen LogP contribution in [0.15, 0.2) is 78.5 Å². The van der Waals surface area contributed by atoms with Gasteiger partial charge >= 0.3 is 6.03 Å². The summed E-state index contributed by atoms with van der Waals surface area (Å²) in [6.07, 6.45) is 1.54. The van der Waals surface area contributed by atoms with Crippen molar-refractivity contribution in [2.24, 2.45) is 0 Å². The lowest BCUT2D eigenvalue weighted by Crippen LogP contribution is -2.38. The molecule has 3 aromatic rings. The molecule has 1 aliphatic heterocycles. The van der Waals surface area contributed by atoms with E-state index in [9.17, 15) is 14.4 Å². The SMILES string of the molecule is Cc1ccc(NC(=O)CN2C(=O)N/C(=C/c3ccccc3OCc3ccc(Cl)cc3)C2=O)cc1. The van der Waals surface area contributed by atoms with Crippen molar-refractivity contribution in [2.45, 2.75) is 13.5 Å². The Balaban J connectivity index is 1.44. The number of aryl methyl sites for hydroxylation is 1. The van der Waals surface area contributed by atoms with Crippen molar-refractivity contribution in [1.82, 2.24) is 10.2 Å². The molecule has 1 fully saturated rings. The largest absolute Gasteiger partial charge is 0.488 e. The summed E-state index contributed by atoms with van der Waals surface area (Å²) < 4.78 is 5.91. The van der Waals surface area contributed by atoms with Gasteiger partial charge in [0.25, 0.3) is 5.91 Å². The Morgan fingerprint density at radius 3 is 2.47 bits per heavy atom. The first kappa shape index (κ1) is 23.1. The van der Waals surface area contributed by atoms with E-state index in [4.69, 9.17) is 16.3 Å². The molecule has 8 heteroatoms. The van der Waals surface area contributed by atoms with Gasteiger partial charge in [-0.2, -0.15) is 0 Å². The highest BCUT2D eigenvalue weighted by Crippen LogP contribution is 2.24. The fourth-order valence-corrected chi connectivity index (χ4v) is 3.45. The van der Waals surface area contributed by atoms with Gasteiger partial charge in [0.05, 0.1) is 0 Å². The fraction of sp³-hybridized carbons (Fsp3) is 0.115. The minimum absolute atomic E-state index is 0.0654. The number of halogens is 1. The number of imide groups is 1. The molecule has 34 heavy (non-hydrogen) atoms. The van der Waals surface area contributed by atoms with E-state index in [1.54, 1.807) is 42.5 Å². The molecule has 2 N–H and O–H groups in total. The molecule has 0 spiro atoms. The number of hydrogen-bond donors (Lipinski definition) is 2. The second kappa shape index (κ2) is 10.2. The van der Waals surface area contributed by atoms with Crippen LogP contribution in [-0.2, 0) is 16.2 Å². The van der Waals surface area contributed by atoms with Crippen LogP contribution in [0.5, 0.6) is 5.75 Å². The Bertz CT molecular complexity index is 1250. The minimum Gasteiger partial charge on any atom is -0.488 e. The number of carbonyl (C=O) groups excluding carboxylic acids is 3. The minimum atomic E-state index is -0.658. The number of anilines is 1. The van der Waals surface area contributed by atoms with Crippen molar-refractivity contribution in [1.29, 1.82) is 0 Å². The average molecular weight is 476 g/mol. The lowest BCUT2D eigenvalue weighted by atomic mass is 10.1. The van der Waals surface area contributed by atoms with Gasteiger partial charge in [0, 0.05) is 16.3 Å². The third-order valence-electron chi connectivity index (χ3n) is 5.13. The Labute approximate surface area is 202 Å². The van der Waals surface area contributed by atoms with E-state index in [0.29, 0.717) is 28.6 Å². The molecular weight excluding hydrogens is 454 g/mol. The summed E-state index contributed by atoms with van der Waals surface area (Å²) in [5.74, 6) is -0.514. The van der Waals surface area contributed by atoms with Crippen molar-refractivity contribution in [3.63, 3.8) is 0 Å². The molecule has 1 saturated heterocycles. The number of ether oxygens (including phenoxy) is 1. The maximum Gasteiger partial charge on any atom is 0.329 e. The summed E-state index contributed by atoms with van der Waals surface area (Å²) in [6, 6.07) is 21.0. The van der Waals surface area contributed by atoms with Gasteiger partial charge in [-0.15, -0.1) is 0 Å². The van der Waals surface area contributed by atoms with Crippen LogP contribution in [0.1, 0.15) is 16.7 Å². The van der Waals surface area contributed by atoms with Crippen molar-refractivity contribution in [3.05, 3.63) is 100 Å². The van der Waals surface area contributed by atoms with E-state index in [1.165, 1.54) is 6.08 Å². The summed E-state index contributed by atoms with van der Waals surface area (Å²) in [5.41, 5.74) is 3.26. The van der Waals surface area contributed by atoms with Crippen LogP contribution in [0.25, 0.3) is 6.08 Å². The van der Waals surface area contributed by atoms with Crippen LogP contribution < -0.4 is 15.4 Å². The summed E-state index contributed by atoms with van der Waals surface area (Å²) in [4.78, 5) is 38.4. The van der Waals surface area contributed by atoms with Crippen LogP contribution in [0.2, 0.25) is 5.02 Å². The molecule has 0 atom stereocenters. The third-order valence-corrected chi connectivity index (χ3v) is 5.38. The molecular formula is C26H22ClN3O4. The Hall–Kier alpha value is -4.10. The molecule has 0 unspecified atom stereocenters. The Morgan fingerprint density at radius 1 is 1.03 bits per heavy atom. The highest BCUT2D eigenvalue weighted by atomic mass is 35.5. The standard InChI is InChI=1S/C26H22ClN3O4/c1-17-6-12-21(13-7-17)28-24(31)15-30-25(32)22(29-26(30)33)14-19-4-2-3-5-23(19)34-16-18-8-10-20(27)11-9-18/h2-14H,15-16H2,1H3,(H,28,31)(H,29,33)/b22-14+. The molecule has 0 bridgehead atoms. The van der Waals surface area contributed by atoms with Crippen molar-refractivity contribution in [2.75, 3.05) is 11.9 Å². The Kier molecular flexibility index (Phi) is 6.94. The van der Waals surface area contributed by atoms with E-state index in [1.807, 2.05) is 37.3 Å². The first-order chi connectivity index (χ1) is 16.4. The van der Waals surface area contributed by atoms with Gasteiger partial charge in [-0.25, -0.2) is 9.69 Å². The van der Waals surface area contributed by atoms with Gasteiger partial charge in [-0.1, -0.05) is 59.6 Å². The third kappa shape index (κ3) is 5.63. The number of urea groups is 1. The normalized spacial score (nSPS) is 14.3. The molecule has 0 radical (unpaired) electrons. The van der Waals surface area contributed by atoms with E-state index in [0.717, 1.165) is 16.0 Å². The number of carbonyl (C=O) groups is 3. The van der Waals surface area contributed by atoms with E-state index >= 15 is 0 Å². The number of rotatable bonds is 7. The number of nitrogens with zero attached hydrogens (tertiary/aromatic N) is 1. The summed E-state index contributed by atoms with van der Waals surface area (Å²) in [6.45, 7) is 1.85. The molecule has 1 aliphatic rings. The second-order valence-electron chi connectivity index (χ2n) is 7.75. The highest BCUT2D eigenvalue weighted by molar-refractivity contribution is 6.30. The smallest absolute Gasteiger partial charge is 0.329 e. The zero-order valence-corrected chi connectivity index (χ0v) is 19.1. The molecule has 172 valence electrons. The van der Waals surface area contributed by atoms with Crippen LogP contribution in [-0.4, -0.2) is 29.3 Å². The molecule has 4 rings (SSSR count). The van der Waals surface area contributed by atoms with E-state index in [2.05, 4.69) is 10.6 Å². The summed E-state index contributed by atoms with van der Waals surface area (Å²) in [5, 5.41) is 5.86. The van der Waals surface area contributed by atoms with Crippen molar-refractivity contribution in [3.8, 4) is 5.75 Å². The van der Waals surface area contributed by atoms with Crippen LogP contribution in [0.3, 0.4) is 0 Å². The van der Waals surface area contributed by atoms with Crippen LogP contribution in [0, 0.1) is 6.92 Å². The average Bonchev–Trinajstić information content (AvgIpc) is 3.08. The second-order valence-corrected chi connectivity index (χ2v) is 8.18. The number of nitrogens with one attached hydrogen (secondary N) is 2.